The monoisotopic (exact) mass is 485 g/mol. The molecule has 1 amide bonds. The molecule has 0 unspecified atom stereocenters. The molecule has 8 heteroatoms. The predicted octanol–water partition coefficient (Wildman–Crippen LogP) is 5.47. The number of amides is 1. The standard InChI is InChI=1S/C27H23N3O4S/c1-32-22-11-12-23(33-2)26-25(22)29-27(35-26)30(16-18-6-5-13-28-15-18)24(31)17-34-21-10-9-19-7-3-4-8-20(19)14-21/h3-15H,16-17H2,1-2H3. The number of benzene rings is 3. The molecule has 2 aromatic heterocycles. The van der Waals surface area contributed by atoms with E-state index in [1.54, 1.807) is 37.6 Å². The number of fused-ring (bicyclic) bond motifs is 2. The van der Waals surface area contributed by atoms with Crippen LogP contribution in [-0.4, -0.2) is 36.7 Å². The molecule has 0 aliphatic carbocycles. The minimum Gasteiger partial charge on any atom is -0.495 e. The fraction of sp³-hybridized carbons (Fsp3) is 0.148. The van der Waals surface area contributed by atoms with Gasteiger partial charge >= 0.3 is 0 Å². The van der Waals surface area contributed by atoms with Crippen molar-refractivity contribution in [2.24, 2.45) is 0 Å². The zero-order chi connectivity index (χ0) is 24.2. The van der Waals surface area contributed by atoms with Crippen molar-refractivity contribution in [3.8, 4) is 17.2 Å². The molecule has 5 rings (SSSR count). The van der Waals surface area contributed by atoms with Crippen molar-refractivity contribution >= 4 is 43.4 Å². The molecule has 0 saturated heterocycles. The van der Waals surface area contributed by atoms with E-state index in [0.29, 0.717) is 34.4 Å². The van der Waals surface area contributed by atoms with E-state index in [9.17, 15) is 4.79 Å². The first-order valence-electron chi connectivity index (χ1n) is 11.0. The quantitative estimate of drug-likeness (QED) is 0.290. The van der Waals surface area contributed by atoms with Gasteiger partial charge in [-0.2, -0.15) is 0 Å². The Kier molecular flexibility index (Phi) is 6.45. The van der Waals surface area contributed by atoms with Crippen LogP contribution >= 0.6 is 11.3 Å². The number of anilines is 1. The van der Waals surface area contributed by atoms with Crippen LogP contribution in [0.15, 0.2) is 79.1 Å². The molecule has 176 valence electrons. The van der Waals surface area contributed by atoms with Gasteiger partial charge in [-0.1, -0.05) is 47.7 Å². The van der Waals surface area contributed by atoms with Crippen molar-refractivity contribution in [2.75, 3.05) is 25.7 Å². The Morgan fingerprint density at radius 3 is 2.51 bits per heavy atom. The van der Waals surface area contributed by atoms with E-state index in [2.05, 4.69) is 4.98 Å². The van der Waals surface area contributed by atoms with E-state index in [1.807, 2.05) is 60.7 Å². The third kappa shape index (κ3) is 4.74. The third-order valence-electron chi connectivity index (χ3n) is 5.58. The Balaban J connectivity index is 1.46. The van der Waals surface area contributed by atoms with Crippen LogP contribution in [0, 0.1) is 0 Å². The summed E-state index contributed by atoms with van der Waals surface area (Å²) in [6.07, 6.45) is 3.44. The van der Waals surface area contributed by atoms with Crippen LogP contribution < -0.4 is 19.1 Å². The maximum atomic E-state index is 13.5. The van der Waals surface area contributed by atoms with Gasteiger partial charge in [0.05, 0.1) is 20.8 Å². The summed E-state index contributed by atoms with van der Waals surface area (Å²) in [5.74, 6) is 1.69. The van der Waals surface area contributed by atoms with Crippen LogP contribution in [0.4, 0.5) is 5.13 Å². The Morgan fingerprint density at radius 2 is 1.74 bits per heavy atom. The minimum absolute atomic E-state index is 0.136. The molecule has 0 fully saturated rings. The Bertz CT molecular complexity index is 1450. The summed E-state index contributed by atoms with van der Waals surface area (Å²) in [4.78, 5) is 24.0. The molecule has 35 heavy (non-hydrogen) atoms. The molecular formula is C27H23N3O4S. The van der Waals surface area contributed by atoms with Crippen LogP contribution in [0.5, 0.6) is 17.2 Å². The predicted molar refractivity (Wildman–Crippen MR) is 138 cm³/mol. The first-order valence-corrected chi connectivity index (χ1v) is 11.8. The van der Waals surface area contributed by atoms with E-state index in [-0.39, 0.29) is 12.5 Å². The number of hydrogen-bond acceptors (Lipinski definition) is 7. The SMILES string of the molecule is COc1ccc(OC)c2sc(N(Cc3cccnc3)C(=O)COc3ccc4ccccc4c3)nc12. The lowest BCUT2D eigenvalue weighted by molar-refractivity contribution is -0.120. The van der Waals surface area contributed by atoms with Crippen LogP contribution in [0.3, 0.4) is 0 Å². The molecule has 0 saturated carbocycles. The highest BCUT2D eigenvalue weighted by atomic mass is 32.1. The highest BCUT2D eigenvalue weighted by molar-refractivity contribution is 7.22. The molecular weight excluding hydrogens is 462 g/mol. The number of thiazole rings is 1. The van der Waals surface area contributed by atoms with Gasteiger partial charge in [0, 0.05) is 12.4 Å². The zero-order valence-electron chi connectivity index (χ0n) is 19.3. The number of methoxy groups -OCH3 is 2. The largest absolute Gasteiger partial charge is 0.495 e. The second-order valence-electron chi connectivity index (χ2n) is 7.78. The van der Waals surface area contributed by atoms with Crippen molar-refractivity contribution in [1.29, 1.82) is 0 Å². The van der Waals surface area contributed by atoms with Gasteiger partial charge in [-0.15, -0.1) is 0 Å². The van der Waals surface area contributed by atoms with Crippen molar-refractivity contribution < 1.29 is 19.0 Å². The summed E-state index contributed by atoms with van der Waals surface area (Å²) in [5, 5.41) is 2.69. The summed E-state index contributed by atoms with van der Waals surface area (Å²) >= 11 is 1.37. The van der Waals surface area contributed by atoms with Gasteiger partial charge in [-0.3, -0.25) is 14.7 Å². The van der Waals surface area contributed by atoms with Gasteiger partial charge in [0.15, 0.2) is 11.7 Å². The fourth-order valence-electron chi connectivity index (χ4n) is 3.81. The number of rotatable bonds is 8. The van der Waals surface area contributed by atoms with Gasteiger partial charge in [-0.05, 0) is 46.7 Å². The first-order chi connectivity index (χ1) is 17.2. The molecule has 7 nitrogen and oxygen atoms in total. The number of aromatic nitrogens is 2. The summed E-state index contributed by atoms with van der Waals surface area (Å²) in [6.45, 7) is 0.168. The Labute approximate surface area is 206 Å². The van der Waals surface area contributed by atoms with E-state index < -0.39 is 0 Å². The molecule has 2 heterocycles. The normalized spacial score (nSPS) is 10.9. The first kappa shape index (κ1) is 22.6. The molecule has 0 bridgehead atoms. The average molecular weight is 486 g/mol. The number of hydrogen-bond donors (Lipinski definition) is 0. The Morgan fingerprint density at radius 1 is 0.943 bits per heavy atom. The van der Waals surface area contributed by atoms with Crippen LogP contribution in [0.1, 0.15) is 5.56 Å². The van der Waals surface area contributed by atoms with E-state index >= 15 is 0 Å². The molecule has 0 aliphatic heterocycles. The second-order valence-corrected chi connectivity index (χ2v) is 8.76. The van der Waals surface area contributed by atoms with Gasteiger partial charge in [0.2, 0.25) is 0 Å². The van der Waals surface area contributed by atoms with E-state index in [4.69, 9.17) is 19.2 Å². The lowest BCUT2D eigenvalue weighted by Gasteiger charge is -2.20. The molecule has 3 aromatic carbocycles. The maximum Gasteiger partial charge on any atom is 0.267 e. The van der Waals surface area contributed by atoms with Gasteiger partial charge in [0.25, 0.3) is 5.91 Å². The molecule has 0 N–H and O–H groups in total. The van der Waals surface area contributed by atoms with Crippen molar-refractivity contribution in [2.45, 2.75) is 6.54 Å². The second kappa shape index (κ2) is 9.99. The summed E-state index contributed by atoms with van der Waals surface area (Å²) in [5.41, 5.74) is 1.52. The summed E-state index contributed by atoms with van der Waals surface area (Å²) in [6, 6.07) is 21.2. The minimum atomic E-state index is -0.223. The van der Waals surface area contributed by atoms with Crippen LogP contribution in [0.25, 0.3) is 21.0 Å². The van der Waals surface area contributed by atoms with Gasteiger partial charge in [0.1, 0.15) is 27.5 Å². The fourth-order valence-corrected chi connectivity index (χ4v) is 4.90. The van der Waals surface area contributed by atoms with Crippen LogP contribution in [0.2, 0.25) is 0 Å². The van der Waals surface area contributed by atoms with Crippen molar-refractivity contribution in [3.05, 3.63) is 84.7 Å². The third-order valence-corrected chi connectivity index (χ3v) is 6.67. The summed E-state index contributed by atoms with van der Waals surface area (Å²) < 4.78 is 17.7. The Hall–Kier alpha value is -4.17. The van der Waals surface area contributed by atoms with Crippen LogP contribution in [-0.2, 0) is 11.3 Å². The van der Waals surface area contributed by atoms with Crippen molar-refractivity contribution in [1.82, 2.24) is 9.97 Å². The molecule has 0 radical (unpaired) electrons. The highest BCUT2D eigenvalue weighted by Crippen LogP contribution is 2.40. The molecule has 5 aromatic rings. The smallest absolute Gasteiger partial charge is 0.267 e. The lowest BCUT2D eigenvalue weighted by atomic mass is 10.1. The van der Waals surface area contributed by atoms with Gasteiger partial charge < -0.3 is 14.2 Å². The maximum absolute atomic E-state index is 13.5. The summed E-state index contributed by atoms with van der Waals surface area (Å²) in [7, 11) is 3.20. The number of nitrogens with zero attached hydrogens (tertiary/aromatic N) is 3. The highest BCUT2D eigenvalue weighted by Gasteiger charge is 2.23. The topological polar surface area (TPSA) is 73.8 Å². The number of pyridine rings is 1. The van der Waals surface area contributed by atoms with Gasteiger partial charge in [-0.25, -0.2) is 4.98 Å². The number of carbonyl (C=O) groups excluding carboxylic acids is 1. The zero-order valence-corrected chi connectivity index (χ0v) is 20.1. The number of carbonyl (C=O) groups is 1. The molecule has 0 atom stereocenters. The molecule has 0 aliphatic rings. The van der Waals surface area contributed by atoms with Crippen molar-refractivity contribution in [3.63, 3.8) is 0 Å². The average Bonchev–Trinajstić information content (AvgIpc) is 3.35. The lowest BCUT2D eigenvalue weighted by Crippen LogP contribution is -2.34. The molecule has 0 spiro atoms. The van der Waals surface area contributed by atoms with E-state index in [1.165, 1.54) is 11.3 Å². The number of ether oxygens (including phenoxy) is 3. The van der Waals surface area contributed by atoms with E-state index in [0.717, 1.165) is 21.0 Å².